The van der Waals surface area contributed by atoms with Gasteiger partial charge in [0.1, 0.15) is 0 Å². The average molecular weight is 348 g/mol. The van der Waals surface area contributed by atoms with Crippen molar-refractivity contribution in [2.24, 2.45) is 17.6 Å². The van der Waals surface area contributed by atoms with E-state index in [2.05, 4.69) is 11.1 Å². The van der Waals surface area contributed by atoms with Crippen molar-refractivity contribution in [1.29, 1.82) is 0 Å². The minimum absolute atomic E-state index is 0.0920. The zero-order valence-electron chi connectivity index (χ0n) is 13.1. The molecule has 0 spiro atoms. The van der Waals surface area contributed by atoms with Gasteiger partial charge in [0, 0.05) is 19.1 Å². The lowest BCUT2D eigenvalue weighted by atomic mass is 9.98. The molecule has 4 nitrogen and oxygen atoms in total. The number of thioether (sulfide) groups is 1. The Kier molecular flexibility index (Phi) is 4.07. The predicted molar refractivity (Wildman–Crippen MR) is 95.7 cm³/mol. The van der Waals surface area contributed by atoms with Crippen LogP contribution >= 0.6 is 23.1 Å². The van der Waals surface area contributed by atoms with Crippen LogP contribution in [0.2, 0.25) is 0 Å². The molecule has 2 N–H and O–H groups in total. The SMILES string of the molecule is CC(Sc1nc2ccccc2s1)C(=O)N1CC2CCC(N)C2C1. The number of aromatic nitrogens is 1. The van der Waals surface area contributed by atoms with E-state index < -0.39 is 0 Å². The van der Waals surface area contributed by atoms with Gasteiger partial charge in [-0.05, 0) is 43.7 Å². The van der Waals surface area contributed by atoms with Gasteiger partial charge in [0.05, 0.1) is 15.5 Å². The number of nitrogens with two attached hydrogens (primary N) is 1. The fraction of sp³-hybridized carbons (Fsp3) is 0.529. The number of thiazole rings is 1. The Bertz CT molecular complexity index is 698. The third-order valence-electron chi connectivity index (χ3n) is 5.12. The van der Waals surface area contributed by atoms with Crippen LogP contribution < -0.4 is 5.73 Å². The summed E-state index contributed by atoms with van der Waals surface area (Å²) in [4.78, 5) is 19.4. The van der Waals surface area contributed by atoms with Gasteiger partial charge in [-0.1, -0.05) is 23.9 Å². The highest BCUT2D eigenvalue weighted by molar-refractivity contribution is 8.02. The van der Waals surface area contributed by atoms with Crippen molar-refractivity contribution in [1.82, 2.24) is 9.88 Å². The van der Waals surface area contributed by atoms with Crippen molar-refractivity contribution < 1.29 is 4.79 Å². The molecule has 4 atom stereocenters. The van der Waals surface area contributed by atoms with Crippen LogP contribution in [-0.4, -0.2) is 40.2 Å². The van der Waals surface area contributed by atoms with Crippen LogP contribution in [0.5, 0.6) is 0 Å². The maximum Gasteiger partial charge on any atom is 0.235 e. The third-order valence-corrected chi connectivity index (χ3v) is 7.34. The lowest BCUT2D eigenvalue weighted by molar-refractivity contribution is -0.129. The van der Waals surface area contributed by atoms with Gasteiger partial charge in [-0.3, -0.25) is 4.79 Å². The molecule has 2 heterocycles. The summed E-state index contributed by atoms with van der Waals surface area (Å²) in [6, 6.07) is 8.40. The van der Waals surface area contributed by atoms with E-state index in [1.54, 1.807) is 23.1 Å². The Morgan fingerprint density at radius 2 is 2.22 bits per heavy atom. The smallest absolute Gasteiger partial charge is 0.235 e. The number of para-hydroxylation sites is 1. The number of hydrogen-bond acceptors (Lipinski definition) is 5. The molecule has 4 rings (SSSR count). The molecule has 1 aliphatic heterocycles. The maximum atomic E-state index is 12.7. The number of benzene rings is 1. The molecule has 1 saturated carbocycles. The molecule has 4 unspecified atom stereocenters. The van der Waals surface area contributed by atoms with Crippen LogP contribution in [0.1, 0.15) is 19.8 Å². The number of carbonyl (C=O) groups is 1. The van der Waals surface area contributed by atoms with E-state index >= 15 is 0 Å². The third kappa shape index (κ3) is 2.88. The number of carbonyl (C=O) groups excluding carboxylic acids is 1. The van der Waals surface area contributed by atoms with E-state index in [1.807, 2.05) is 30.0 Å². The molecule has 1 aliphatic carbocycles. The molecular weight excluding hydrogens is 326 g/mol. The van der Waals surface area contributed by atoms with E-state index in [0.717, 1.165) is 29.4 Å². The lowest BCUT2D eigenvalue weighted by Gasteiger charge is -2.21. The summed E-state index contributed by atoms with van der Waals surface area (Å²) >= 11 is 3.24. The van der Waals surface area contributed by atoms with E-state index in [-0.39, 0.29) is 17.2 Å². The highest BCUT2D eigenvalue weighted by Gasteiger charge is 2.43. The van der Waals surface area contributed by atoms with Crippen LogP contribution in [0.4, 0.5) is 0 Å². The van der Waals surface area contributed by atoms with Gasteiger partial charge in [0.2, 0.25) is 5.91 Å². The fourth-order valence-electron chi connectivity index (χ4n) is 3.85. The van der Waals surface area contributed by atoms with Crippen LogP contribution in [0.15, 0.2) is 28.6 Å². The normalized spacial score (nSPS) is 28.3. The standard InChI is InChI=1S/C17H21N3OS2/c1-10(22-17-19-14-4-2-3-5-15(14)23-17)16(21)20-8-11-6-7-13(18)12(11)9-20/h2-5,10-13H,6-9,18H2,1H3. The average Bonchev–Trinajstić information content (AvgIpc) is 3.22. The van der Waals surface area contributed by atoms with Crippen molar-refractivity contribution in [3.05, 3.63) is 24.3 Å². The van der Waals surface area contributed by atoms with Crippen molar-refractivity contribution >= 4 is 39.2 Å². The van der Waals surface area contributed by atoms with E-state index in [9.17, 15) is 4.79 Å². The highest BCUT2D eigenvalue weighted by atomic mass is 32.2. The molecule has 1 aromatic carbocycles. The van der Waals surface area contributed by atoms with Gasteiger partial charge in [0.15, 0.2) is 4.34 Å². The van der Waals surface area contributed by atoms with Gasteiger partial charge in [-0.15, -0.1) is 11.3 Å². The molecule has 1 amide bonds. The number of amides is 1. The summed E-state index contributed by atoms with van der Waals surface area (Å²) in [5.74, 6) is 1.36. The Hall–Kier alpha value is -1.11. The second-order valence-electron chi connectivity index (χ2n) is 6.62. The summed E-state index contributed by atoms with van der Waals surface area (Å²) < 4.78 is 2.15. The second kappa shape index (κ2) is 6.07. The Labute approximate surface area is 144 Å². The molecule has 0 radical (unpaired) electrons. The topological polar surface area (TPSA) is 59.2 Å². The minimum atomic E-state index is -0.0920. The molecule has 6 heteroatoms. The van der Waals surface area contributed by atoms with Crippen LogP contribution in [0.25, 0.3) is 10.2 Å². The number of fused-ring (bicyclic) bond motifs is 2. The number of hydrogen-bond donors (Lipinski definition) is 1. The number of likely N-dealkylation sites (tertiary alicyclic amines) is 1. The molecule has 2 fully saturated rings. The summed E-state index contributed by atoms with van der Waals surface area (Å²) in [5, 5.41) is -0.0920. The van der Waals surface area contributed by atoms with Crippen LogP contribution in [0, 0.1) is 11.8 Å². The number of nitrogens with zero attached hydrogens (tertiary/aromatic N) is 2. The molecule has 2 aromatic rings. The van der Waals surface area contributed by atoms with E-state index in [0.29, 0.717) is 11.8 Å². The molecule has 122 valence electrons. The molecule has 23 heavy (non-hydrogen) atoms. The van der Waals surface area contributed by atoms with Crippen molar-refractivity contribution in [2.75, 3.05) is 13.1 Å². The summed E-state index contributed by atoms with van der Waals surface area (Å²) in [5.41, 5.74) is 7.19. The summed E-state index contributed by atoms with van der Waals surface area (Å²) in [6.07, 6.45) is 2.29. The molecular formula is C17H21N3OS2. The number of rotatable bonds is 3. The van der Waals surface area contributed by atoms with E-state index in [1.165, 1.54) is 11.1 Å². The first-order valence-corrected chi connectivity index (χ1v) is 9.88. The fourth-order valence-corrected chi connectivity index (χ4v) is 6.14. The monoisotopic (exact) mass is 347 g/mol. The Balaban J connectivity index is 1.42. The van der Waals surface area contributed by atoms with Gasteiger partial charge < -0.3 is 10.6 Å². The van der Waals surface area contributed by atoms with Gasteiger partial charge >= 0.3 is 0 Å². The van der Waals surface area contributed by atoms with Crippen LogP contribution in [-0.2, 0) is 4.79 Å². The Morgan fingerprint density at radius 1 is 1.39 bits per heavy atom. The first-order valence-electron chi connectivity index (χ1n) is 8.18. The molecule has 0 bridgehead atoms. The summed E-state index contributed by atoms with van der Waals surface area (Å²) in [7, 11) is 0. The zero-order chi connectivity index (χ0) is 16.0. The van der Waals surface area contributed by atoms with Crippen LogP contribution in [0.3, 0.4) is 0 Å². The minimum Gasteiger partial charge on any atom is -0.341 e. The first-order chi connectivity index (χ1) is 11.1. The van der Waals surface area contributed by atoms with Gasteiger partial charge in [-0.2, -0.15) is 0 Å². The molecule has 2 aliphatic rings. The Morgan fingerprint density at radius 3 is 3.00 bits per heavy atom. The van der Waals surface area contributed by atoms with Crippen molar-refractivity contribution in [2.45, 2.75) is 35.4 Å². The van der Waals surface area contributed by atoms with E-state index in [4.69, 9.17) is 5.73 Å². The maximum absolute atomic E-state index is 12.7. The van der Waals surface area contributed by atoms with Crippen molar-refractivity contribution in [3.8, 4) is 0 Å². The highest BCUT2D eigenvalue weighted by Crippen LogP contribution is 2.38. The predicted octanol–water partition coefficient (Wildman–Crippen LogP) is 2.97. The van der Waals surface area contributed by atoms with Gasteiger partial charge in [0.25, 0.3) is 0 Å². The molecule has 1 aromatic heterocycles. The van der Waals surface area contributed by atoms with Crippen molar-refractivity contribution in [3.63, 3.8) is 0 Å². The second-order valence-corrected chi connectivity index (χ2v) is 9.23. The lowest BCUT2D eigenvalue weighted by Crippen LogP contribution is -2.37. The zero-order valence-corrected chi connectivity index (χ0v) is 14.8. The van der Waals surface area contributed by atoms with Gasteiger partial charge in [-0.25, -0.2) is 4.98 Å². The first kappa shape index (κ1) is 15.4. The molecule has 1 saturated heterocycles. The quantitative estimate of drug-likeness (QED) is 0.867. The summed E-state index contributed by atoms with van der Waals surface area (Å²) in [6.45, 7) is 3.73. The largest absolute Gasteiger partial charge is 0.341 e.